The standard InChI is InChI=1S/C14H20N4O/c1-10(2)19-12-9-17-14-11(3-4-16-14)13(12)18-7-5-15-6-8-18/h3-4,9-10,15H,5-8H2,1-2H3,(H,16,17). The van der Waals surface area contributed by atoms with Crippen molar-refractivity contribution in [3.63, 3.8) is 0 Å². The van der Waals surface area contributed by atoms with E-state index in [0.717, 1.165) is 43.0 Å². The van der Waals surface area contributed by atoms with Crippen LogP contribution in [0.5, 0.6) is 5.75 Å². The van der Waals surface area contributed by atoms with E-state index >= 15 is 0 Å². The van der Waals surface area contributed by atoms with Gasteiger partial charge in [0.25, 0.3) is 0 Å². The molecule has 3 rings (SSSR count). The number of piperazine rings is 1. The molecule has 0 atom stereocenters. The van der Waals surface area contributed by atoms with Gasteiger partial charge in [-0.1, -0.05) is 0 Å². The second-order valence-electron chi connectivity index (χ2n) is 5.11. The number of aromatic amines is 1. The monoisotopic (exact) mass is 260 g/mol. The molecule has 0 bridgehead atoms. The van der Waals surface area contributed by atoms with Crippen LogP contribution in [0, 0.1) is 0 Å². The average Bonchev–Trinajstić information content (AvgIpc) is 2.87. The third-order valence-electron chi connectivity index (χ3n) is 3.32. The van der Waals surface area contributed by atoms with E-state index < -0.39 is 0 Å². The maximum absolute atomic E-state index is 5.94. The lowest BCUT2D eigenvalue weighted by Gasteiger charge is -2.31. The molecule has 1 fully saturated rings. The number of hydrogen-bond acceptors (Lipinski definition) is 4. The second kappa shape index (κ2) is 5.09. The quantitative estimate of drug-likeness (QED) is 0.883. The number of ether oxygens (including phenoxy) is 1. The highest BCUT2D eigenvalue weighted by molar-refractivity contribution is 5.93. The number of fused-ring (bicyclic) bond motifs is 1. The molecule has 0 saturated carbocycles. The Bertz CT molecular complexity index is 558. The molecule has 0 radical (unpaired) electrons. The van der Waals surface area contributed by atoms with E-state index in [2.05, 4.69) is 26.3 Å². The molecule has 1 saturated heterocycles. The zero-order valence-corrected chi connectivity index (χ0v) is 11.4. The number of aromatic nitrogens is 2. The first-order valence-corrected chi connectivity index (χ1v) is 6.84. The van der Waals surface area contributed by atoms with Crippen molar-refractivity contribution in [2.24, 2.45) is 0 Å². The number of nitrogens with one attached hydrogen (secondary N) is 2. The van der Waals surface area contributed by atoms with Gasteiger partial charge in [-0.2, -0.15) is 0 Å². The molecule has 0 amide bonds. The van der Waals surface area contributed by atoms with Crippen molar-refractivity contribution < 1.29 is 4.74 Å². The first-order chi connectivity index (χ1) is 9.25. The number of anilines is 1. The lowest BCUT2D eigenvalue weighted by atomic mass is 10.2. The SMILES string of the molecule is CC(C)Oc1cnc2[nH]ccc2c1N1CCNCC1. The molecule has 0 unspecified atom stereocenters. The molecule has 2 aromatic rings. The highest BCUT2D eigenvalue weighted by atomic mass is 16.5. The topological polar surface area (TPSA) is 53.2 Å². The van der Waals surface area contributed by atoms with Gasteiger partial charge in [-0.25, -0.2) is 4.98 Å². The molecule has 3 heterocycles. The third-order valence-corrected chi connectivity index (χ3v) is 3.32. The summed E-state index contributed by atoms with van der Waals surface area (Å²) >= 11 is 0. The van der Waals surface area contributed by atoms with Crippen LogP contribution >= 0.6 is 0 Å². The Balaban J connectivity index is 2.07. The number of H-pyrrole nitrogens is 1. The Labute approximate surface area is 113 Å². The molecule has 5 nitrogen and oxygen atoms in total. The molecule has 0 aromatic carbocycles. The highest BCUT2D eigenvalue weighted by Gasteiger charge is 2.20. The van der Waals surface area contributed by atoms with Crippen LogP contribution < -0.4 is 15.0 Å². The van der Waals surface area contributed by atoms with Crippen molar-refractivity contribution in [1.29, 1.82) is 0 Å². The Morgan fingerprint density at radius 3 is 2.84 bits per heavy atom. The minimum atomic E-state index is 0.153. The van der Waals surface area contributed by atoms with Gasteiger partial charge < -0.3 is 19.9 Å². The van der Waals surface area contributed by atoms with E-state index in [0.29, 0.717) is 0 Å². The van der Waals surface area contributed by atoms with Crippen LogP contribution in [-0.2, 0) is 0 Å². The molecule has 5 heteroatoms. The van der Waals surface area contributed by atoms with Crippen LogP contribution in [0.2, 0.25) is 0 Å². The molecular weight excluding hydrogens is 240 g/mol. The Morgan fingerprint density at radius 1 is 1.32 bits per heavy atom. The first kappa shape index (κ1) is 12.3. The lowest BCUT2D eigenvalue weighted by Crippen LogP contribution is -2.43. The Morgan fingerprint density at radius 2 is 2.11 bits per heavy atom. The fourth-order valence-corrected chi connectivity index (χ4v) is 2.53. The Kier molecular flexibility index (Phi) is 3.29. The number of hydrogen-bond donors (Lipinski definition) is 2. The Hall–Kier alpha value is -1.75. The summed E-state index contributed by atoms with van der Waals surface area (Å²) in [5.74, 6) is 0.879. The van der Waals surface area contributed by atoms with Gasteiger partial charge in [0, 0.05) is 37.8 Å². The number of pyridine rings is 1. The largest absolute Gasteiger partial charge is 0.487 e. The molecule has 0 aliphatic carbocycles. The molecule has 1 aliphatic rings. The van der Waals surface area contributed by atoms with Gasteiger partial charge in [-0.15, -0.1) is 0 Å². The van der Waals surface area contributed by atoms with Gasteiger partial charge in [0.05, 0.1) is 18.0 Å². The maximum atomic E-state index is 5.94. The van der Waals surface area contributed by atoms with Crippen molar-refractivity contribution in [1.82, 2.24) is 15.3 Å². The summed E-state index contributed by atoms with van der Waals surface area (Å²) in [5, 5.41) is 4.52. The van der Waals surface area contributed by atoms with E-state index in [-0.39, 0.29) is 6.10 Å². The molecule has 19 heavy (non-hydrogen) atoms. The van der Waals surface area contributed by atoms with Crippen LogP contribution in [0.25, 0.3) is 11.0 Å². The molecule has 0 spiro atoms. The summed E-state index contributed by atoms with van der Waals surface area (Å²) in [6.07, 6.45) is 3.92. The average molecular weight is 260 g/mol. The third kappa shape index (κ3) is 2.38. The molecule has 2 N–H and O–H groups in total. The van der Waals surface area contributed by atoms with Crippen molar-refractivity contribution in [2.75, 3.05) is 31.1 Å². The van der Waals surface area contributed by atoms with Crippen molar-refractivity contribution in [3.8, 4) is 5.75 Å². The number of rotatable bonds is 3. The predicted octanol–water partition coefficient (Wildman–Crippen LogP) is 1.76. The van der Waals surface area contributed by atoms with Crippen LogP contribution in [0.1, 0.15) is 13.8 Å². The van der Waals surface area contributed by atoms with Crippen LogP contribution in [-0.4, -0.2) is 42.3 Å². The normalized spacial score (nSPS) is 16.3. The zero-order chi connectivity index (χ0) is 13.2. The van der Waals surface area contributed by atoms with Gasteiger partial charge in [0.15, 0.2) is 5.75 Å². The van der Waals surface area contributed by atoms with Crippen LogP contribution in [0.4, 0.5) is 5.69 Å². The molecular formula is C14H20N4O. The summed E-state index contributed by atoms with van der Waals surface area (Å²) in [6, 6.07) is 2.08. The van der Waals surface area contributed by atoms with Crippen molar-refractivity contribution >= 4 is 16.7 Å². The summed E-state index contributed by atoms with van der Waals surface area (Å²) in [6.45, 7) is 8.11. The first-order valence-electron chi connectivity index (χ1n) is 6.84. The maximum Gasteiger partial charge on any atom is 0.162 e. The van der Waals surface area contributed by atoms with E-state index in [4.69, 9.17) is 4.74 Å². The van der Waals surface area contributed by atoms with Gasteiger partial charge in [0.1, 0.15) is 5.65 Å². The van der Waals surface area contributed by atoms with E-state index in [1.807, 2.05) is 26.2 Å². The zero-order valence-electron chi connectivity index (χ0n) is 11.4. The van der Waals surface area contributed by atoms with Crippen LogP contribution in [0.3, 0.4) is 0 Å². The summed E-state index contributed by atoms with van der Waals surface area (Å²) < 4.78 is 5.94. The second-order valence-corrected chi connectivity index (χ2v) is 5.11. The predicted molar refractivity (Wildman–Crippen MR) is 76.9 cm³/mol. The minimum absolute atomic E-state index is 0.153. The highest BCUT2D eigenvalue weighted by Crippen LogP contribution is 2.35. The molecule has 102 valence electrons. The van der Waals surface area contributed by atoms with E-state index in [9.17, 15) is 0 Å². The lowest BCUT2D eigenvalue weighted by molar-refractivity contribution is 0.242. The summed E-state index contributed by atoms with van der Waals surface area (Å²) in [5.41, 5.74) is 2.09. The fraction of sp³-hybridized carbons (Fsp3) is 0.500. The van der Waals surface area contributed by atoms with Gasteiger partial charge >= 0.3 is 0 Å². The van der Waals surface area contributed by atoms with E-state index in [1.54, 1.807) is 0 Å². The van der Waals surface area contributed by atoms with Gasteiger partial charge in [-0.05, 0) is 19.9 Å². The summed E-state index contributed by atoms with van der Waals surface area (Å²) in [7, 11) is 0. The fourth-order valence-electron chi connectivity index (χ4n) is 2.53. The minimum Gasteiger partial charge on any atom is -0.487 e. The molecule has 1 aliphatic heterocycles. The summed E-state index contributed by atoms with van der Waals surface area (Å²) in [4.78, 5) is 9.98. The van der Waals surface area contributed by atoms with Gasteiger partial charge in [-0.3, -0.25) is 0 Å². The van der Waals surface area contributed by atoms with Crippen molar-refractivity contribution in [2.45, 2.75) is 20.0 Å². The van der Waals surface area contributed by atoms with E-state index in [1.165, 1.54) is 5.69 Å². The van der Waals surface area contributed by atoms with Crippen LogP contribution in [0.15, 0.2) is 18.5 Å². The number of nitrogens with zero attached hydrogens (tertiary/aromatic N) is 2. The smallest absolute Gasteiger partial charge is 0.162 e. The molecule has 2 aromatic heterocycles. The van der Waals surface area contributed by atoms with Crippen molar-refractivity contribution in [3.05, 3.63) is 18.5 Å². The van der Waals surface area contributed by atoms with Gasteiger partial charge in [0.2, 0.25) is 0 Å².